The first-order chi connectivity index (χ1) is 9.74. The fourth-order valence-corrected chi connectivity index (χ4v) is 2.80. The van der Waals surface area contributed by atoms with Crippen LogP contribution < -0.4 is 10.6 Å². The molecule has 0 aliphatic heterocycles. The Kier molecular flexibility index (Phi) is 5.90. The molecule has 2 rings (SSSR count). The summed E-state index contributed by atoms with van der Waals surface area (Å²) < 4.78 is 0. The highest BCUT2D eigenvalue weighted by atomic mass is 16.2. The number of rotatable bonds is 5. The molecule has 0 saturated heterocycles. The van der Waals surface area contributed by atoms with E-state index in [-0.39, 0.29) is 12.1 Å². The van der Waals surface area contributed by atoms with Crippen molar-refractivity contribution in [1.29, 1.82) is 0 Å². The van der Waals surface area contributed by atoms with Crippen molar-refractivity contribution in [2.45, 2.75) is 64.0 Å². The molecule has 0 aromatic heterocycles. The van der Waals surface area contributed by atoms with Gasteiger partial charge in [0, 0.05) is 12.1 Å². The zero-order valence-electron chi connectivity index (χ0n) is 12.4. The highest BCUT2D eigenvalue weighted by Gasteiger charge is 2.16. The highest BCUT2D eigenvalue weighted by molar-refractivity contribution is 5.74. The number of urea groups is 1. The van der Waals surface area contributed by atoms with E-state index in [0.29, 0.717) is 6.04 Å². The van der Waals surface area contributed by atoms with Gasteiger partial charge in [0.25, 0.3) is 0 Å². The van der Waals surface area contributed by atoms with Gasteiger partial charge in [0.15, 0.2) is 0 Å². The van der Waals surface area contributed by atoms with Gasteiger partial charge in [-0.15, -0.1) is 0 Å². The van der Waals surface area contributed by atoms with Crippen molar-refractivity contribution < 1.29 is 4.79 Å². The van der Waals surface area contributed by atoms with Crippen LogP contribution in [0.5, 0.6) is 0 Å². The third-order valence-corrected chi connectivity index (χ3v) is 4.03. The minimum atomic E-state index is -0.00235. The van der Waals surface area contributed by atoms with Gasteiger partial charge in [-0.1, -0.05) is 49.6 Å². The zero-order valence-corrected chi connectivity index (χ0v) is 12.4. The summed E-state index contributed by atoms with van der Waals surface area (Å²) in [4.78, 5) is 11.9. The van der Waals surface area contributed by atoms with Crippen molar-refractivity contribution in [2.75, 3.05) is 0 Å². The molecular formula is C17H26N2O. The Bertz CT molecular complexity index is 399. The van der Waals surface area contributed by atoms with Crippen LogP contribution in [0.25, 0.3) is 0 Å². The van der Waals surface area contributed by atoms with Gasteiger partial charge < -0.3 is 10.6 Å². The fourth-order valence-electron chi connectivity index (χ4n) is 2.80. The molecule has 0 bridgehead atoms. The molecule has 3 heteroatoms. The second kappa shape index (κ2) is 7.93. The lowest BCUT2D eigenvalue weighted by atomic mass is 9.96. The Morgan fingerprint density at radius 3 is 2.60 bits per heavy atom. The van der Waals surface area contributed by atoms with Crippen LogP contribution in [0.2, 0.25) is 0 Å². The summed E-state index contributed by atoms with van der Waals surface area (Å²) in [5.41, 5.74) is 1.33. The van der Waals surface area contributed by atoms with E-state index >= 15 is 0 Å². The van der Waals surface area contributed by atoms with Crippen molar-refractivity contribution in [3.05, 3.63) is 35.9 Å². The van der Waals surface area contributed by atoms with E-state index in [9.17, 15) is 4.79 Å². The predicted octanol–water partition coefficient (Wildman–Crippen LogP) is 3.64. The smallest absolute Gasteiger partial charge is 0.315 e. The van der Waals surface area contributed by atoms with Crippen molar-refractivity contribution in [3.63, 3.8) is 0 Å². The second-order valence-electron chi connectivity index (χ2n) is 5.88. The Morgan fingerprint density at radius 2 is 1.90 bits per heavy atom. The fraction of sp³-hybridized carbons (Fsp3) is 0.588. The largest absolute Gasteiger partial charge is 0.336 e. The van der Waals surface area contributed by atoms with Crippen molar-refractivity contribution >= 4 is 6.03 Å². The molecule has 1 aromatic carbocycles. The average Bonchev–Trinajstić information content (AvgIpc) is 2.47. The number of hydrogen-bond acceptors (Lipinski definition) is 1. The summed E-state index contributed by atoms with van der Waals surface area (Å²) in [7, 11) is 0. The lowest BCUT2D eigenvalue weighted by Gasteiger charge is -2.24. The molecule has 2 amide bonds. The van der Waals surface area contributed by atoms with Gasteiger partial charge in [0.2, 0.25) is 0 Å². The standard InChI is InChI=1S/C17H26N2O/c1-14(12-13-15-8-4-2-5-9-15)18-17(20)19-16-10-6-3-7-11-16/h2,4-5,8-9,14,16H,3,6-7,10-13H2,1H3,(H2,18,19,20)/t14-/m1/s1. The SMILES string of the molecule is C[C@H](CCc1ccccc1)NC(=O)NC1CCCCC1. The number of carbonyl (C=O) groups excluding carboxylic acids is 1. The van der Waals surface area contributed by atoms with Crippen LogP contribution in [0.4, 0.5) is 4.79 Å². The number of nitrogens with one attached hydrogen (secondary N) is 2. The first-order valence-corrected chi connectivity index (χ1v) is 7.85. The van der Waals surface area contributed by atoms with Crippen LogP contribution in [-0.4, -0.2) is 18.1 Å². The third kappa shape index (κ3) is 5.24. The topological polar surface area (TPSA) is 41.1 Å². The lowest BCUT2D eigenvalue weighted by molar-refractivity contribution is 0.229. The first-order valence-electron chi connectivity index (χ1n) is 7.85. The van der Waals surface area contributed by atoms with E-state index < -0.39 is 0 Å². The van der Waals surface area contributed by atoms with E-state index in [2.05, 4.69) is 41.8 Å². The number of carbonyl (C=O) groups is 1. The molecule has 20 heavy (non-hydrogen) atoms. The molecule has 0 unspecified atom stereocenters. The van der Waals surface area contributed by atoms with Crippen molar-refractivity contribution in [1.82, 2.24) is 10.6 Å². The normalized spacial score (nSPS) is 17.4. The molecule has 1 aromatic rings. The van der Waals surface area contributed by atoms with Crippen LogP contribution in [0.15, 0.2) is 30.3 Å². The highest BCUT2D eigenvalue weighted by Crippen LogP contribution is 2.17. The maximum Gasteiger partial charge on any atom is 0.315 e. The third-order valence-electron chi connectivity index (χ3n) is 4.03. The lowest BCUT2D eigenvalue weighted by Crippen LogP contribution is -2.46. The van der Waals surface area contributed by atoms with Crippen molar-refractivity contribution in [3.8, 4) is 0 Å². The first kappa shape index (κ1) is 14.9. The Morgan fingerprint density at radius 1 is 1.20 bits per heavy atom. The number of benzene rings is 1. The van der Waals surface area contributed by atoms with Gasteiger partial charge >= 0.3 is 6.03 Å². The van der Waals surface area contributed by atoms with Gasteiger partial charge in [-0.05, 0) is 38.2 Å². The zero-order chi connectivity index (χ0) is 14.2. The summed E-state index contributed by atoms with van der Waals surface area (Å²) in [6, 6.07) is 11.0. The quantitative estimate of drug-likeness (QED) is 0.845. The molecular weight excluding hydrogens is 248 g/mol. The maximum atomic E-state index is 11.9. The van der Waals surface area contributed by atoms with E-state index in [1.165, 1.54) is 24.8 Å². The monoisotopic (exact) mass is 274 g/mol. The molecule has 0 radical (unpaired) electrons. The molecule has 0 heterocycles. The summed E-state index contributed by atoms with van der Waals surface area (Å²) in [6.07, 6.45) is 8.04. The van der Waals surface area contributed by atoms with E-state index in [1.54, 1.807) is 0 Å². The molecule has 3 nitrogen and oxygen atoms in total. The van der Waals surface area contributed by atoms with Crippen molar-refractivity contribution in [2.24, 2.45) is 0 Å². The average molecular weight is 274 g/mol. The molecule has 0 spiro atoms. The number of hydrogen-bond donors (Lipinski definition) is 2. The van der Waals surface area contributed by atoms with E-state index in [4.69, 9.17) is 0 Å². The van der Waals surface area contributed by atoms with E-state index in [1.807, 2.05) is 6.07 Å². The Labute approximate surface area is 122 Å². The minimum Gasteiger partial charge on any atom is -0.336 e. The van der Waals surface area contributed by atoms with Crippen LogP contribution in [0, 0.1) is 0 Å². The van der Waals surface area contributed by atoms with Crippen LogP contribution in [0.1, 0.15) is 51.0 Å². The van der Waals surface area contributed by atoms with Gasteiger partial charge in [0.05, 0.1) is 0 Å². The second-order valence-corrected chi connectivity index (χ2v) is 5.88. The van der Waals surface area contributed by atoms with Crippen LogP contribution in [0.3, 0.4) is 0 Å². The van der Waals surface area contributed by atoms with Gasteiger partial charge in [-0.2, -0.15) is 0 Å². The van der Waals surface area contributed by atoms with Crippen LogP contribution in [-0.2, 0) is 6.42 Å². The number of aryl methyl sites for hydroxylation is 1. The molecule has 2 N–H and O–H groups in total. The summed E-state index contributed by atoms with van der Waals surface area (Å²) in [6.45, 7) is 2.07. The van der Waals surface area contributed by atoms with Gasteiger partial charge in [-0.25, -0.2) is 4.79 Å². The molecule has 1 atom stereocenters. The summed E-state index contributed by atoms with van der Waals surface area (Å²) in [5.74, 6) is 0. The summed E-state index contributed by atoms with van der Waals surface area (Å²) in [5, 5.41) is 6.15. The van der Waals surface area contributed by atoms with E-state index in [0.717, 1.165) is 25.7 Å². The number of amides is 2. The Balaban J connectivity index is 1.65. The van der Waals surface area contributed by atoms with Crippen LogP contribution >= 0.6 is 0 Å². The molecule has 1 aliphatic rings. The molecule has 1 saturated carbocycles. The maximum absolute atomic E-state index is 11.9. The molecule has 1 fully saturated rings. The van der Waals surface area contributed by atoms with Gasteiger partial charge in [-0.3, -0.25) is 0 Å². The predicted molar refractivity (Wildman–Crippen MR) is 82.8 cm³/mol. The molecule has 1 aliphatic carbocycles. The van der Waals surface area contributed by atoms with Gasteiger partial charge in [0.1, 0.15) is 0 Å². The summed E-state index contributed by atoms with van der Waals surface area (Å²) >= 11 is 0. The Hall–Kier alpha value is -1.51. The molecule has 110 valence electrons. The minimum absolute atomic E-state index is 0.00235.